The molecule has 0 aliphatic carbocycles. The molecule has 5 nitrogen and oxygen atoms in total. The van der Waals surface area contributed by atoms with Crippen LogP contribution in [0.1, 0.15) is 29.0 Å². The van der Waals surface area contributed by atoms with E-state index in [1.54, 1.807) is 41.5 Å². The normalized spacial score (nSPS) is 17.5. The topological polar surface area (TPSA) is 62.6 Å². The van der Waals surface area contributed by atoms with E-state index in [4.69, 9.17) is 16.0 Å². The number of benzene rings is 1. The quantitative estimate of drug-likeness (QED) is 0.925. The molecule has 1 aliphatic rings. The SMILES string of the molecule is O=C(NCc1ccco1)[C@@H]1CCCN(C(=O)c2ccc(Cl)cc2)C1. The summed E-state index contributed by atoms with van der Waals surface area (Å²) in [6.45, 7) is 1.47. The zero-order valence-corrected chi connectivity index (χ0v) is 14.0. The van der Waals surface area contributed by atoms with Crippen molar-refractivity contribution in [1.29, 1.82) is 0 Å². The predicted molar refractivity (Wildman–Crippen MR) is 90.6 cm³/mol. The standard InChI is InChI=1S/C18H19ClN2O3/c19-15-7-5-13(6-8-15)18(23)21-9-1-3-14(12-21)17(22)20-11-16-4-2-10-24-16/h2,4-8,10,14H,1,3,9,11-12H2,(H,20,22)/t14-/m1/s1. The van der Waals surface area contributed by atoms with Crippen LogP contribution in [0.5, 0.6) is 0 Å². The number of nitrogens with one attached hydrogen (secondary N) is 1. The Morgan fingerprint density at radius 1 is 1.25 bits per heavy atom. The molecule has 0 saturated carbocycles. The number of rotatable bonds is 4. The summed E-state index contributed by atoms with van der Waals surface area (Å²) in [7, 11) is 0. The van der Waals surface area contributed by atoms with Crippen LogP contribution < -0.4 is 5.32 Å². The first-order valence-electron chi connectivity index (χ1n) is 7.98. The summed E-state index contributed by atoms with van der Waals surface area (Å²) >= 11 is 5.86. The fourth-order valence-corrected chi connectivity index (χ4v) is 3.01. The number of carbonyl (C=O) groups excluding carboxylic acids is 2. The Morgan fingerprint density at radius 3 is 2.75 bits per heavy atom. The minimum Gasteiger partial charge on any atom is -0.467 e. The zero-order valence-electron chi connectivity index (χ0n) is 13.2. The monoisotopic (exact) mass is 346 g/mol. The molecule has 2 heterocycles. The van der Waals surface area contributed by atoms with Gasteiger partial charge in [-0.1, -0.05) is 11.6 Å². The molecule has 0 radical (unpaired) electrons. The molecular weight excluding hydrogens is 328 g/mol. The highest BCUT2D eigenvalue weighted by Crippen LogP contribution is 2.20. The second kappa shape index (κ2) is 7.53. The Bertz CT molecular complexity index is 698. The molecular formula is C18H19ClN2O3. The van der Waals surface area contributed by atoms with Gasteiger partial charge < -0.3 is 14.6 Å². The number of furan rings is 1. The van der Waals surface area contributed by atoms with Gasteiger partial charge in [0.25, 0.3) is 5.91 Å². The van der Waals surface area contributed by atoms with Crippen LogP contribution in [0.3, 0.4) is 0 Å². The summed E-state index contributed by atoms with van der Waals surface area (Å²) in [6.07, 6.45) is 3.18. The van der Waals surface area contributed by atoms with Crippen LogP contribution in [-0.2, 0) is 11.3 Å². The van der Waals surface area contributed by atoms with Crippen molar-refractivity contribution < 1.29 is 14.0 Å². The summed E-state index contributed by atoms with van der Waals surface area (Å²) in [5, 5.41) is 3.47. The van der Waals surface area contributed by atoms with Gasteiger partial charge in [0.1, 0.15) is 5.76 Å². The van der Waals surface area contributed by atoms with Crippen molar-refractivity contribution in [3.8, 4) is 0 Å². The van der Waals surface area contributed by atoms with E-state index < -0.39 is 0 Å². The lowest BCUT2D eigenvalue weighted by molar-refractivity contribution is -0.126. The van der Waals surface area contributed by atoms with Crippen LogP contribution in [0.25, 0.3) is 0 Å². The summed E-state index contributed by atoms with van der Waals surface area (Å²) < 4.78 is 5.21. The van der Waals surface area contributed by atoms with E-state index in [2.05, 4.69) is 5.32 Å². The molecule has 6 heteroatoms. The number of piperidine rings is 1. The van der Waals surface area contributed by atoms with Gasteiger partial charge in [0.2, 0.25) is 5.91 Å². The maximum atomic E-state index is 12.6. The lowest BCUT2D eigenvalue weighted by Crippen LogP contribution is -2.45. The smallest absolute Gasteiger partial charge is 0.253 e. The molecule has 1 saturated heterocycles. The fourth-order valence-electron chi connectivity index (χ4n) is 2.88. The molecule has 1 atom stereocenters. The zero-order chi connectivity index (χ0) is 16.9. The van der Waals surface area contributed by atoms with E-state index in [1.165, 1.54) is 0 Å². The van der Waals surface area contributed by atoms with E-state index in [0.717, 1.165) is 12.8 Å². The van der Waals surface area contributed by atoms with Crippen molar-refractivity contribution in [3.05, 3.63) is 59.0 Å². The maximum absolute atomic E-state index is 12.6. The highest BCUT2D eigenvalue weighted by atomic mass is 35.5. The summed E-state index contributed by atoms with van der Waals surface area (Å²) in [6, 6.07) is 10.4. The van der Waals surface area contributed by atoms with Gasteiger partial charge in [-0.15, -0.1) is 0 Å². The van der Waals surface area contributed by atoms with Gasteiger partial charge in [-0.2, -0.15) is 0 Å². The number of nitrogens with zero attached hydrogens (tertiary/aromatic N) is 1. The molecule has 1 aromatic carbocycles. The van der Waals surface area contributed by atoms with E-state index in [0.29, 0.717) is 36.0 Å². The van der Waals surface area contributed by atoms with Crippen LogP contribution in [0.15, 0.2) is 47.1 Å². The number of carbonyl (C=O) groups is 2. The van der Waals surface area contributed by atoms with Crippen LogP contribution in [0.4, 0.5) is 0 Å². The summed E-state index contributed by atoms with van der Waals surface area (Å²) in [5.74, 6) is 0.424. The molecule has 0 unspecified atom stereocenters. The molecule has 3 rings (SSSR count). The number of hydrogen-bond donors (Lipinski definition) is 1. The van der Waals surface area contributed by atoms with Crippen molar-refractivity contribution in [3.63, 3.8) is 0 Å². The second-order valence-electron chi connectivity index (χ2n) is 5.89. The van der Waals surface area contributed by atoms with Gasteiger partial charge in [-0.05, 0) is 49.2 Å². The second-order valence-corrected chi connectivity index (χ2v) is 6.33. The Morgan fingerprint density at radius 2 is 2.04 bits per heavy atom. The Kier molecular flexibility index (Phi) is 5.20. The largest absolute Gasteiger partial charge is 0.467 e. The maximum Gasteiger partial charge on any atom is 0.253 e. The van der Waals surface area contributed by atoms with Crippen LogP contribution in [0, 0.1) is 5.92 Å². The fraction of sp³-hybridized carbons (Fsp3) is 0.333. The van der Waals surface area contributed by atoms with E-state index in [9.17, 15) is 9.59 Å². The van der Waals surface area contributed by atoms with Crippen LogP contribution >= 0.6 is 11.6 Å². The van der Waals surface area contributed by atoms with Crippen molar-refractivity contribution in [2.24, 2.45) is 5.92 Å². The molecule has 1 fully saturated rings. The highest BCUT2D eigenvalue weighted by molar-refractivity contribution is 6.30. The number of likely N-dealkylation sites (tertiary alicyclic amines) is 1. The molecule has 0 bridgehead atoms. The van der Waals surface area contributed by atoms with Gasteiger partial charge in [-0.25, -0.2) is 0 Å². The molecule has 1 N–H and O–H groups in total. The molecule has 24 heavy (non-hydrogen) atoms. The lowest BCUT2D eigenvalue weighted by Gasteiger charge is -2.32. The predicted octanol–water partition coefficient (Wildman–Crippen LogP) is 3.10. The number of halogens is 1. The first kappa shape index (κ1) is 16.6. The molecule has 1 aliphatic heterocycles. The van der Waals surface area contributed by atoms with Gasteiger partial charge in [0.15, 0.2) is 0 Å². The van der Waals surface area contributed by atoms with Gasteiger partial charge in [-0.3, -0.25) is 9.59 Å². The van der Waals surface area contributed by atoms with Crippen LogP contribution in [-0.4, -0.2) is 29.8 Å². The van der Waals surface area contributed by atoms with Gasteiger partial charge in [0, 0.05) is 23.7 Å². The van der Waals surface area contributed by atoms with Crippen molar-refractivity contribution in [2.75, 3.05) is 13.1 Å². The van der Waals surface area contributed by atoms with Crippen LogP contribution in [0.2, 0.25) is 5.02 Å². The molecule has 0 spiro atoms. The Balaban J connectivity index is 1.58. The molecule has 126 valence electrons. The van der Waals surface area contributed by atoms with Crippen molar-refractivity contribution in [1.82, 2.24) is 10.2 Å². The number of hydrogen-bond acceptors (Lipinski definition) is 3. The Labute approximate surface area is 145 Å². The third-order valence-corrected chi connectivity index (χ3v) is 4.44. The van der Waals surface area contributed by atoms with Gasteiger partial charge >= 0.3 is 0 Å². The van der Waals surface area contributed by atoms with Crippen molar-refractivity contribution in [2.45, 2.75) is 19.4 Å². The minimum atomic E-state index is -0.190. The third kappa shape index (κ3) is 3.97. The van der Waals surface area contributed by atoms with E-state index >= 15 is 0 Å². The average molecular weight is 347 g/mol. The van der Waals surface area contributed by atoms with Gasteiger partial charge in [0.05, 0.1) is 18.7 Å². The molecule has 2 aromatic rings. The highest BCUT2D eigenvalue weighted by Gasteiger charge is 2.28. The van der Waals surface area contributed by atoms with E-state index in [-0.39, 0.29) is 17.7 Å². The first-order valence-corrected chi connectivity index (χ1v) is 8.36. The minimum absolute atomic E-state index is 0.0417. The number of amides is 2. The van der Waals surface area contributed by atoms with Crippen molar-refractivity contribution >= 4 is 23.4 Å². The molecule has 2 amide bonds. The summed E-state index contributed by atoms with van der Waals surface area (Å²) in [4.78, 5) is 26.6. The lowest BCUT2D eigenvalue weighted by atomic mass is 9.96. The first-order chi connectivity index (χ1) is 11.6. The third-order valence-electron chi connectivity index (χ3n) is 4.19. The average Bonchev–Trinajstić information content (AvgIpc) is 3.13. The summed E-state index contributed by atoms with van der Waals surface area (Å²) in [5.41, 5.74) is 0.594. The molecule has 1 aromatic heterocycles. The Hall–Kier alpha value is -2.27. The van der Waals surface area contributed by atoms with E-state index in [1.807, 2.05) is 6.07 Å².